The molecule has 0 spiro atoms. The molecule has 0 unspecified atom stereocenters. The molecule has 0 aromatic heterocycles. The Morgan fingerprint density at radius 3 is 2.00 bits per heavy atom. The minimum Gasteiger partial charge on any atom is -0.481 e. The average molecular weight is 694 g/mol. The van der Waals surface area contributed by atoms with E-state index in [1.807, 2.05) is 34.6 Å². The molecule has 49 heavy (non-hydrogen) atoms. The summed E-state index contributed by atoms with van der Waals surface area (Å²) in [7, 11) is 0. The first-order chi connectivity index (χ1) is 22.8. The number of carbonyl (C=O) groups is 7. The van der Waals surface area contributed by atoms with Gasteiger partial charge in [0.05, 0.1) is 24.6 Å². The molecule has 0 saturated carbocycles. The Labute approximate surface area is 287 Å². The quantitative estimate of drug-likeness (QED) is 0.165. The van der Waals surface area contributed by atoms with Crippen molar-refractivity contribution in [1.29, 1.82) is 0 Å². The second-order valence-corrected chi connectivity index (χ2v) is 15.1. The van der Waals surface area contributed by atoms with Gasteiger partial charge in [0.15, 0.2) is 0 Å². The number of aliphatic hydroxyl groups is 1. The van der Waals surface area contributed by atoms with Crippen LogP contribution in [0.15, 0.2) is 0 Å². The van der Waals surface area contributed by atoms with Gasteiger partial charge in [0.25, 0.3) is 0 Å². The van der Waals surface area contributed by atoms with Crippen molar-refractivity contribution in [1.82, 2.24) is 36.4 Å². The number of piperidine rings is 1. The van der Waals surface area contributed by atoms with E-state index in [4.69, 9.17) is 0 Å². The van der Waals surface area contributed by atoms with Crippen LogP contribution in [0.3, 0.4) is 0 Å². The van der Waals surface area contributed by atoms with E-state index in [0.29, 0.717) is 45.3 Å². The van der Waals surface area contributed by atoms with Crippen LogP contribution in [0, 0.1) is 11.8 Å². The van der Waals surface area contributed by atoms with Crippen LogP contribution in [0.2, 0.25) is 0 Å². The van der Waals surface area contributed by atoms with Crippen LogP contribution in [-0.4, -0.2) is 129 Å². The van der Waals surface area contributed by atoms with Crippen molar-refractivity contribution < 1.29 is 43.8 Å². The highest BCUT2D eigenvalue weighted by Crippen LogP contribution is 2.27. The Bertz CT molecular complexity index is 1260. The number of hydrogen-bond acceptors (Lipinski definition) is 9. The number of carboxylic acid groups (broad SMARTS) is 1. The maximum absolute atomic E-state index is 14.0. The van der Waals surface area contributed by atoms with Crippen LogP contribution in [-0.2, 0) is 33.6 Å². The third-order valence-electron chi connectivity index (χ3n) is 9.14. The maximum atomic E-state index is 14.0. The monoisotopic (exact) mass is 693 g/mol. The summed E-state index contributed by atoms with van der Waals surface area (Å²) in [5.74, 6) is -5.58. The molecule has 0 radical (unpaired) electrons. The SMILES string of the molecule is CC(C)C[C@@H]1NC(=O)C2CCN(CC2)C(=O)[C@@H]2CCCN2[C@H](C(=O)NC(C)(C)C)[C@H](C)NC(=O)[C@H]([C@@H](C)O)NC(=O)[C@H](CC(=O)O)NC1=O. The summed E-state index contributed by atoms with van der Waals surface area (Å²) in [4.78, 5) is 97.0. The lowest BCUT2D eigenvalue weighted by molar-refractivity contribution is -0.143. The molecule has 7 N–H and O–H groups in total. The first-order valence-electron chi connectivity index (χ1n) is 17.3. The van der Waals surface area contributed by atoms with Crippen molar-refractivity contribution in [3.63, 3.8) is 0 Å². The summed E-state index contributed by atoms with van der Waals surface area (Å²) >= 11 is 0. The Morgan fingerprint density at radius 2 is 1.45 bits per heavy atom. The van der Waals surface area contributed by atoms with Crippen molar-refractivity contribution >= 4 is 41.4 Å². The van der Waals surface area contributed by atoms with Gasteiger partial charge in [-0.3, -0.25) is 38.5 Å². The number of aliphatic carboxylic acids is 1. The van der Waals surface area contributed by atoms with Gasteiger partial charge in [-0.15, -0.1) is 0 Å². The molecule has 6 amide bonds. The van der Waals surface area contributed by atoms with E-state index in [1.54, 1.807) is 16.7 Å². The highest BCUT2D eigenvalue weighted by Gasteiger charge is 2.45. The molecule has 0 aromatic carbocycles. The summed E-state index contributed by atoms with van der Waals surface area (Å²) in [6.45, 7) is 13.0. The third-order valence-corrected chi connectivity index (χ3v) is 9.14. The van der Waals surface area contributed by atoms with E-state index in [0.717, 1.165) is 0 Å². The van der Waals surface area contributed by atoms with Gasteiger partial charge in [-0.05, 0) is 79.2 Å². The number of nitrogens with zero attached hydrogens (tertiary/aromatic N) is 2. The zero-order valence-electron chi connectivity index (χ0n) is 29.7. The molecule has 4 aliphatic heterocycles. The predicted molar refractivity (Wildman–Crippen MR) is 178 cm³/mol. The van der Waals surface area contributed by atoms with E-state index in [2.05, 4.69) is 26.6 Å². The van der Waals surface area contributed by atoms with Gasteiger partial charge < -0.3 is 41.7 Å². The molecule has 16 heteroatoms. The molecular formula is C33H55N7O9. The number of carbonyl (C=O) groups excluding carboxylic acids is 6. The van der Waals surface area contributed by atoms with E-state index in [9.17, 15) is 43.8 Å². The zero-order chi connectivity index (χ0) is 36.8. The Balaban J connectivity index is 2.04. The Hall–Kier alpha value is -3.79. The molecule has 4 fully saturated rings. The fourth-order valence-corrected chi connectivity index (χ4v) is 6.77. The predicted octanol–water partition coefficient (Wildman–Crippen LogP) is -1.15. The molecule has 4 rings (SSSR count). The van der Waals surface area contributed by atoms with Crippen LogP contribution in [0.25, 0.3) is 0 Å². The molecule has 16 nitrogen and oxygen atoms in total. The number of nitrogens with one attached hydrogen (secondary N) is 5. The second kappa shape index (κ2) is 16.7. The third kappa shape index (κ3) is 10.8. The number of amides is 6. The lowest BCUT2D eigenvalue weighted by Crippen LogP contribution is -2.65. The summed E-state index contributed by atoms with van der Waals surface area (Å²) in [6, 6.07) is -6.89. The standard InChI is InChI=1S/C33H55N7O9/c1-17(2)15-21-28(45)36-22(16-24(42)43)29(46)37-25(19(4)41)30(47)34-18(3)26(31(48)38-33(5,6)7)40-12-8-9-23(40)32(49)39-13-10-20(11-14-39)27(44)35-21/h17-23,25-26,41H,8-16H2,1-7H3,(H,34,47)(H,35,44)(H,36,45)(H,37,46)(H,38,48)(H,42,43)/t18-,19+,21-,22-,23-,25-,26-/m0/s1. The minimum atomic E-state index is -1.64. The largest absolute Gasteiger partial charge is 0.481 e. The van der Waals surface area contributed by atoms with E-state index in [-0.39, 0.29) is 24.2 Å². The summed E-state index contributed by atoms with van der Waals surface area (Å²) in [5, 5.41) is 33.4. The smallest absolute Gasteiger partial charge is 0.305 e. The molecule has 4 heterocycles. The lowest BCUT2D eigenvalue weighted by Gasteiger charge is -2.40. The van der Waals surface area contributed by atoms with Gasteiger partial charge in [-0.2, -0.15) is 0 Å². The fraction of sp³-hybridized carbons (Fsp3) is 0.788. The maximum Gasteiger partial charge on any atom is 0.305 e. The van der Waals surface area contributed by atoms with Crippen LogP contribution >= 0.6 is 0 Å². The van der Waals surface area contributed by atoms with Gasteiger partial charge in [0, 0.05) is 24.5 Å². The molecule has 0 aliphatic carbocycles. The highest BCUT2D eigenvalue weighted by molar-refractivity contribution is 5.96. The number of fused-ring (bicyclic) bond motifs is 14. The van der Waals surface area contributed by atoms with Gasteiger partial charge >= 0.3 is 5.97 Å². The van der Waals surface area contributed by atoms with Crippen molar-refractivity contribution in [2.45, 2.75) is 135 Å². The number of rotatable bonds is 6. The van der Waals surface area contributed by atoms with Crippen molar-refractivity contribution in [2.24, 2.45) is 11.8 Å². The van der Waals surface area contributed by atoms with E-state index < -0.39 is 89.8 Å². The Kier molecular flexibility index (Phi) is 13.5. The molecule has 4 aliphatic rings. The highest BCUT2D eigenvalue weighted by atomic mass is 16.4. The first kappa shape index (κ1) is 39.6. The van der Waals surface area contributed by atoms with Crippen LogP contribution in [0.4, 0.5) is 0 Å². The first-order valence-corrected chi connectivity index (χ1v) is 17.3. The van der Waals surface area contributed by atoms with Crippen molar-refractivity contribution in [3.05, 3.63) is 0 Å². The van der Waals surface area contributed by atoms with Crippen molar-refractivity contribution in [3.8, 4) is 0 Å². The summed E-state index contributed by atoms with van der Waals surface area (Å²) < 4.78 is 0. The molecule has 2 bridgehead atoms. The molecule has 0 aromatic rings. The minimum absolute atomic E-state index is 0.0539. The molecular weight excluding hydrogens is 638 g/mol. The van der Waals surface area contributed by atoms with Gasteiger partial charge in [0.2, 0.25) is 35.4 Å². The van der Waals surface area contributed by atoms with Gasteiger partial charge in [0.1, 0.15) is 24.2 Å². The van der Waals surface area contributed by atoms with Crippen LogP contribution in [0.5, 0.6) is 0 Å². The Morgan fingerprint density at radius 1 is 0.857 bits per heavy atom. The molecule has 7 atom stereocenters. The topological polar surface area (TPSA) is 227 Å². The average Bonchev–Trinajstić information content (AvgIpc) is 3.45. The molecule has 4 saturated heterocycles. The summed E-state index contributed by atoms with van der Waals surface area (Å²) in [5.41, 5.74) is -0.639. The van der Waals surface area contributed by atoms with Crippen LogP contribution < -0.4 is 26.6 Å². The number of carboxylic acids is 1. The second-order valence-electron chi connectivity index (χ2n) is 15.1. The number of aliphatic hydroxyl groups excluding tert-OH is 1. The van der Waals surface area contributed by atoms with Crippen LogP contribution in [0.1, 0.15) is 87.0 Å². The zero-order valence-corrected chi connectivity index (χ0v) is 29.7. The van der Waals surface area contributed by atoms with Gasteiger partial charge in [-0.25, -0.2) is 0 Å². The van der Waals surface area contributed by atoms with Gasteiger partial charge in [-0.1, -0.05) is 13.8 Å². The number of hydrogen-bond donors (Lipinski definition) is 7. The molecule has 276 valence electrons. The van der Waals surface area contributed by atoms with Crippen molar-refractivity contribution in [2.75, 3.05) is 19.6 Å². The normalized spacial score (nSPS) is 30.5. The van der Waals surface area contributed by atoms with E-state index >= 15 is 0 Å². The fourth-order valence-electron chi connectivity index (χ4n) is 6.77. The van der Waals surface area contributed by atoms with E-state index in [1.165, 1.54) is 6.92 Å². The lowest BCUT2D eigenvalue weighted by atomic mass is 9.93. The summed E-state index contributed by atoms with van der Waals surface area (Å²) in [6.07, 6.45) is -0.268.